The molecule has 0 radical (unpaired) electrons. The van der Waals surface area contributed by atoms with Gasteiger partial charge in [0.1, 0.15) is 6.10 Å². The third kappa shape index (κ3) is 7.90. The van der Waals surface area contributed by atoms with Crippen LogP contribution in [0.1, 0.15) is 27.2 Å². The quantitative estimate of drug-likeness (QED) is 0.570. The summed E-state index contributed by atoms with van der Waals surface area (Å²) in [5, 5.41) is 24.9. The summed E-state index contributed by atoms with van der Waals surface area (Å²) in [6.45, 7) is 4.35. The molecular formula is C9H18O6. The van der Waals surface area contributed by atoms with Crippen molar-refractivity contribution in [2.45, 2.75) is 38.9 Å². The average Bonchev–Trinajstić information content (AvgIpc) is 2.17. The topological polar surface area (TPSA) is 104 Å². The van der Waals surface area contributed by atoms with Gasteiger partial charge in [-0.15, -0.1) is 0 Å². The van der Waals surface area contributed by atoms with Gasteiger partial charge in [0.25, 0.3) is 0 Å². The molecule has 0 aromatic carbocycles. The predicted molar refractivity (Wildman–Crippen MR) is 52.2 cm³/mol. The molecule has 0 heterocycles. The van der Waals surface area contributed by atoms with E-state index in [2.05, 4.69) is 4.74 Å². The number of rotatable bonds is 3. The van der Waals surface area contributed by atoms with Crippen LogP contribution < -0.4 is 0 Å². The second kappa shape index (κ2) is 7.19. The number of aliphatic carboxylic acids is 1. The predicted octanol–water partition coefficient (Wildman–Crippen LogP) is -0.228. The third-order valence-corrected chi connectivity index (χ3v) is 1.67. The van der Waals surface area contributed by atoms with Crippen LogP contribution >= 0.6 is 0 Å². The molecule has 0 saturated carbocycles. The molecule has 0 rings (SSSR count). The standard InChI is InChI=1S/C6H12O3.C3H6O3/c1-4-6(2,8)5(7)9-3;1-2(4)3(5)6/h8H,4H2,1-3H3;2,4H,1H3,(H,5,6). The summed E-state index contributed by atoms with van der Waals surface area (Å²) in [6.07, 6.45) is -0.857. The lowest BCUT2D eigenvalue weighted by Gasteiger charge is -2.16. The van der Waals surface area contributed by atoms with E-state index in [9.17, 15) is 9.59 Å². The van der Waals surface area contributed by atoms with Crippen LogP contribution in [0.2, 0.25) is 0 Å². The smallest absolute Gasteiger partial charge is 0.337 e. The summed E-state index contributed by atoms with van der Waals surface area (Å²) >= 11 is 0. The fourth-order valence-electron chi connectivity index (χ4n) is 0.364. The number of methoxy groups -OCH3 is 1. The minimum absolute atomic E-state index is 0.375. The molecule has 0 aromatic heterocycles. The van der Waals surface area contributed by atoms with Gasteiger partial charge in [0, 0.05) is 0 Å². The summed E-state index contributed by atoms with van der Waals surface area (Å²) in [7, 11) is 1.26. The van der Waals surface area contributed by atoms with Crippen LogP contribution in [0.25, 0.3) is 0 Å². The number of carbonyl (C=O) groups excluding carboxylic acids is 1. The van der Waals surface area contributed by atoms with Gasteiger partial charge in [-0.25, -0.2) is 9.59 Å². The SMILES string of the molecule is CC(O)C(=O)O.CCC(C)(O)C(=O)OC. The highest BCUT2D eigenvalue weighted by atomic mass is 16.5. The van der Waals surface area contributed by atoms with Crippen molar-refractivity contribution in [3.05, 3.63) is 0 Å². The summed E-state index contributed by atoms with van der Waals surface area (Å²) in [6, 6.07) is 0. The van der Waals surface area contributed by atoms with Crippen molar-refractivity contribution in [2.24, 2.45) is 0 Å². The number of aliphatic hydroxyl groups is 2. The average molecular weight is 222 g/mol. The highest BCUT2D eigenvalue weighted by molar-refractivity contribution is 5.78. The lowest BCUT2D eigenvalue weighted by Crippen LogP contribution is -2.35. The van der Waals surface area contributed by atoms with Crippen molar-refractivity contribution in [3.8, 4) is 0 Å². The van der Waals surface area contributed by atoms with Gasteiger partial charge in [-0.2, -0.15) is 0 Å². The van der Waals surface area contributed by atoms with Crippen LogP contribution in [-0.2, 0) is 14.3 Å². The molecule has 0 aliphatic carbocycles. The van der Waals surface area contributed by atoms with E-state index in [1.165, 1.54) is 21.0 Å². The van der Waals surface area contributed by atoms with Gasteiger partial charge in [0.2, 0.25) is 0 Å². The largest absolute Gasteiger partial charge is 0.479 e. The fourth-order valence-corrected chi connectivity index (χ4v) is 0.364. The van der Waals surface area contributed by atoms with E-state index in [-0.39, 0.29) is 0 Å². The zero-order valence-electron chi connectivity index (χ0n) is 9.35. The first-order valence-electron chi connectivity index (χ1n) is 4.40. The second-order valence-corrected chi connectivity index (χ2v) is 3.13. The van der Waals surface area contributed by atoms with Crippen molar-refractivity contribution in [2.75, 3.05) is 7.11 Å². The Labute approximate surface area is 88.5 Å². The number of carboxylic acid groups (broad SMARTS) is 1. The van der Waals surface area contributed by atoms with Crippen molar-refractivity contribution in [1.82, 2.24) is 0 Å². The molecule has 15 heavy (non-hydrogen) atoms. The number of esters is 1. The molecule has 0 saturated heterocycles. The molecule has 6 nitrogen and oxygen atoms in total. The third-order valence-electron chi connectivity index (χ3n) is 1.67. The van der Waals surface area contributed by atoms with E-state index in [0.717, 1.165) is 0 Å². The molecule has 0 aromatic rings. The first-order valence-corrected chi connectivity index (χ1v) is 4.40. The minimum Gasteiger partial charge on any atom is -0.479 e. The minimum atomic E-state index is -1.31. The molecule has 3 N–H and O–H groups in total. The van der Waals surface area contributed by atoms with Crippen LogP contribution in [0.15, 0.2) is 0 Å². The van der Waals surface area contributed by atoms with E-state index >= 15 is 0 Å². The van der Waals surface area contributed by atoms with Crippen LogP contribution in [-0.4, -0.2) is 46.1 Å². The van der Waals surface area contributed by atoms with E-state index in [1.807, 2.05) is 0 Å². The molecule has 0 aliphatic heterocycles. The van der Waals surface area contributed by atoms with E-state index in [1.54, 1.807) is 6.92 Å². The molecule has 2 unspecified atom stereocenters. The van der Waals surface area contributed by atoms with Crippen LogP contribution in [0.5, 0.6) is 0 Å². The zero-order valence-corrected chi connectivity index (χ0v) is 9.35. The molecule has 2 atom stereocenters. The molecule has 0 bridgehead atoms. The Bertz CT molecular complexity index is 209. The number of hydrogen-bond acceptors (Lipinski definition) is 5. The van der Waals surface area contributed by atoms with Crippen molar-refractivity contribution in [3.63, 3.8) is 0 Å². The summed E-state index contributed by atoms with van der Waals surface area (Å²) in [5.74, 6) is -1.76. The number of hydrogen-bond donors (Lipinski definition) is 3. The number of aliphatic hydroxyl groups excluding tert-OH is 1. The monoisotopic (exact) mass is 222 g/mol. The maximum Gasteiger partial charge on any atom is 0.337 e. The van der Waals surface area contributed by atoms with Crippen LogP contribution in [0, 0.1) is 0 Å². The van der Waals surface area contributed by atoms with Crippen LogP contribution in [0.4, 0.5) is 0 Å². The van der Waals surface area contributed by atoms with Gasteiger partial charge < -0.3 is 20.1 Å². The lowest BCUT2D eigenvalue weighted by atomic mass is 10.1. The summed E-state index contributed by atoms with van der Waals surface area (Å²) in [4.78, 5) is 20.0. The van der Waals surface area contributed by atoms with E-state index in [4.69, 9.17) is 15.3 Å². The zero-order chi connectivity index (χ0) is 12.6. The first-order chi connectivity index (χ1) is 6.68. The van der Waals surface area contributed by atoms with Crippen molar-refractivity contribution in [1.29, 1.82) is 0 Å². The Kier molecular flexibility index (Phi) is 7.81. The Morgan fingerprint density at radius 2 is 1.80 bits per heavy atom. The van der Waals surface area contributed by atoms with Crippen molar-refractivity contribution >= 4 is 11.9 Å². The first kappa shape index (κ1) is 16.3. The maximum absolute atomic E-state index is 10.6. The van der Waals surface area contributed by atoms with Crippen LogP contribution in [0.3, 0.4) is 0 Å². The van der Waals surface area contributed by atoms with Crippen molar-refractivity contribution < 1.29 is 29.6 Å². The van der Waals surface area contributed by atoms with Gasteiger partial charge in [0.15, 0.2) is 5.60 Å². The van der Waals surface area contributed by atoms with Gasteiger partial charge in [-0.1, -0.05) is 6.92 Å². The number of ether oxygens (including phenoxy) is 1. The summed E-state index contributed by atoms with van der Waals surface area (Å²) in [5.41, 5.74) is -1.31. The Balaban J connectivity index is 0. The lowest BCUT2D eigenvalue weighted by molar-refractivity contribution is -0.160. The Hall–Kier alpha value is -1.14. The van der Waals surface area contributed by atoms with Gasteiger partial charge in [-0.05, 0) is 20.3 Å². The molecule has 0 amide bonds. The fraction of sp³-hybridized carbons (Fsp3) is 0.778. The van der Waals surface area contributed by atoms with Gasteiger partial charge in [0.05, 0.1) is 7.11 Å². The normalized spacial score (nSPS) is 15.3. The number of carboxylic acids is 1. The Morgan fingerprint density at radius 1 is 1.47 bits per heavy atom. The molecule has 0 fully saturated rings. The molecule has 0 spiro atoms. The maximum atomic E-state index is 10.6. The molecule has 0 aliphatic rings. The van der Waals surface area contributed by atoms with E-state index in [0.29, 0.717) is 6.42 Å². The Morgan fingerprint density at radius 3 is 1.87 bits per heavy atom. The molecule has 6 heteroatoms. The number of carbonyl (C=O) groups is 2. The van der Waals surface area contributed by atoms with Gasteiger partial charge >= 0.3 is 11.9 Å². The molecular weight excluding hydrogens is 204 g/mol. The second-order valence-electron chi connectivity index (χ2n) is 3.13. The van der Waals surface area contributed by atoms with E-state index < -0.39 is 23.6 Å². The summed E-state index contributed by atoms with van der Waals surface area (Å²) < 4.78 is 4.32. The van der Waals surface area contributed by atoms with Gasteiger partial charge in [-0.3, -0.25) is 0 Å². The highest BCUT2D eigenvalue weighted by Gasteiger charge is 2.28. The molecule has 90 valence electrons. The highest BCUT2D eigenvalue weighted by Crippen LogP contribution is 2.09.